The smallest absolute Gasteiger partial charge is 0.338 e. The molecular weight excluding hydrogens is 176 g/mol. The van der Waals surface area contributed by atoms with Gasteiger partial charge in [0.1, 0.15) is 0 Å². The highest BCUT2D eigenvalue weighted by molar-refractivity contribution is 5.90. The largest absolute Gasteiger partial charge is 0.459 e. The van der Waals surface area contributed by atoms with Crippen LogP contribution >= 0.6 is 0 Å². The molecule has 0 aliphatic carbocycles. The molecule has 1 aromatic rings. The second-order valence-corrected chi connectivity index (χ2v) is 3.28. The quantitative estimate of drug-likeness (QED) is 0.685. The first-order valence-corrected chi connectivity index (χ1v) is 4.57. The van der Waals surface area contributed by atoms with Gasteiger partial charge < -0.3 is 4.74 Å². The van der Waals surface area contributed by atoms with Gasteiger partial charge in [-0.25, -0.2) is 4.79 Å². The number of hydrogen-bond acceptors (Lipinski definition) is 2. The predicted octanol–water partition coefficient (Wildman–Crippen LogP) is 2.89. The summed E-state index contributed by atoms with van der Waals surface area (Å²) >= 11 is 0. The zero-order valence-corrected chi connectivity index (χ0v) is 8.49. The van der Waals surface area contributed by atoms with E-state index in [2.05, 4.69) is 6.58 Å². The van der Waals surface area contributed by atoms with Crippen LogP contribution in [0.3, 0.4) is 0 Å². The Kier molecular flexibility index (Phi) is 3.46. The maximum absolute atomic E-state index is 11.5. The maximum atomic E-state index is 11.5. The minimum absolute atomic E-state index is 0.0881. The number of carbonyl (C=O) groups is 1. The summed E-state index contributed by atoms with van der Waals surface area (Å²) in [6.07, 6.45) is 1.61. The average molecular weight is 190 g/mol. The molecule has 0 spiro atoms. The average Bonchev–Trinajstić information content (AvgIpc) is 2.17. The van der Waals surface area contributed by atoms with Crippen molar-refractivity contribution in [2.75, 3.05) is 0 Å². The summed E-state index contributed by atoms with van der Waals surface area (Å²) in [6.45, 7) is 7.30. The van der Waals surface area contributed by atoms with Gasteiger partial charge in [0.15, 0.2) is 0 Å². The van der Waals surface area contributed by atoms with E-state index in [9.17, 15) is 4.79 Å². The Morgan fingerprint density at radius 2 is 2.21 bits per heavy atom. The highest BCUT2D eigenvalue weighted by atomic mass is 16.5. The van der Waals surface area contributed by atoms with E-state index in [0.29, 0.717) is 5.56 Å². The van der Waals surface area contributed by atoms with Crippen molar-refractivity contribution in [1.82, 2.24) is 0 Å². The van der Waals surface area contributed by atoms with E-state index < -0.39 is 0 Å². The Morgan fingerprint density at radius 3 is 2.79 bits per heavy atom. The number of esters is 1. The minimum Gasteiger partial charge on any atom is -0.459 e. The third-order valence-electron chi connectivity index (χ3n) is 1.70. The normalized spacial score (nSPS) is 9.93. The SMILES string of the molecule is C=Cc1cccc(C(=O)OC(C)C)c1. The number of ether oxygens (including phenoxy) is 1. The lowest BCUT2D eigenvalue weighted by molar-refractivity contribution is 0.0378. The van der Waals surface area contributed by atoms with Gasteiger partial charge in [0.05, 0.1) is 11.7 Å². The fraction of sp³-hybridized carbons (Fsp3) is 0.250. The number of carbonyl (C=O) groups excluding carboxylic acids is 1. The van der Waals surface area contributed by atoms with Crippen LogP contribution in [0.15, 0.2) is 30.8 Å². The number of rotatable bonds is 3. The fourth-order valence-corrected chi connectivity index (χ4v) is 1.07. The summed E-state index contributed by atoms with van der Waals surface area (Å²) in [5, 5.41) is 0. The molecule has 0 N–H and O–H groups in total. The molecule has 0 unspecified atom stereocenters. The molecule has 0 aliphatic heterocycles. The van der Waals surface area contributed by atoms with Crippen LogP contribution in [0.4, 0.5) is 0 Å². The summed E-state index contributed by atoms with van der Waals surface area (Å²) in [6, 6.07) is 7.20. The van der Waals surface area contributed by atoms with Crippen molar-refractivity contribution in [3.63, 3.8) is 0 Å². The molecule has 0 atom stereocenters. The third kappa shape index (κ3) is 2.73. The molecule has 0 heterocycles. The van der Waals surface area contributed by atoms with Gasteiger partial charge in [-0.15, -0.1) is 0 Å². The molecule has 0 saturated carbocycles. The van der Waals surface area contributed by atoms with E-state index >= 15 is 0 Å². The van der Waals surface area contributed by atoms with E-state index in [1.807, 2.05) is 26.0 Å². The van der Waals surface area contributed by atoms with Crippen molar-refractivity contribution in [3.05, 3.63) is 42.0 Å². The fourth-order valence-electron chi connectivity index (χ4n) is 1.07. The van der Waals surface area contributed by atoms with Crippen LogP contribution in [0.25, 0.3) is 6.08 Å². The Hall–Kier alpha value is -1.57. The Balaban J connectivity index is 2.84. The van der Waals surface area contributed by atoms with Crippen LogP contribution in [-0.4, -0.2) is 12.1 Å². The summed E-state index contributed by atoms with van der Waals surface area (Å²) in [4.78, 5) is 11.5. The van der Waals surface area contributed by atoms with Crippen LogP contribution < -0.4 is 0 Å². The van der Waals surface area contributed by atoms with Gasteiger partial charge in [0, 0.05) is 0 Å². The van der Waals surface area contributed by atoms with Crippen molar-refractivity contribution >= 4 is 12.0 Å². The van der Waals surface area contributed by atoms with E-state index in [1.165, 1.54) is 0 Å². The lowest BCUT2D eigenvalue weighted by atomic mass is 10.1. The van der Waals surface area contributed by atoms with Gasteiger partial charge in [-0.05, 0) is 31.5 Å². The molecule has 2 heteroatoms. The molecule has 2 nitrogen and oxygen atoms in total. The van der Waals surface area contributed by atoms with Crippen molar-refractivity contribution in [2.45, 2.75) is 20.0 Å². The second kappa shape index (κ2) is 4.61. The van der Waals surface area contributed by atoms with Gasteiger partial charge >= 0.3 is 5.97 Å². The van der Waals surface area contributed by atoms with Crippen molar-refractivity contribution < 1.29 is 9.53 Å². The van der Waals surface area contributed by atoms with E-state index in [-0.39, 0.29) is 12.1 Å². The van der Waals surface area contributed by atoms with Crippen LogP contribution in [0.5, 0.6) is 0 Å². The van der Waals surface area contributed by atoms with Crippen LogP contribution in [-0.2, 0) is 4.74 Å². The number of hydrogen-bond donors (Lipinski definition) is 0. The van der Waals surface area contributed by atoms with Crippen molar-refractivity contribution in [1.29, 1.82) is 0 Å². The second-order valence-electron chi connectivity index (χ2n) is 3.28. The third-order valence-corrected chi connectivity index (χ3v) is 1.70. The molecule has 0 saturated heterocycles. The molecule has 0 aliphatic rings. The number of benzene rings is 1. The lowest BCUT2D eigenvalue weighted by Crippen LogP contribution is -2.11. The Labute approximate surface area is 84.2 Å². The van der Waals surface area contributed by atoms with Crippen LogP contribution in [0.2, 0.25) is 0 Å². The molecule has 74 valence electrons. The first-order valence-electron chi connectivity index (χ1n) is 4.57. The summed E-state index contributed by atoms with van der Waals surface area (Å²) in [5.74, 6) is -0.288. The summed E-state index contributed by atoms with van der Waals surface area (Å²) < 4.78 is 5.06. The highest BCUT2D eigenvalue weighted by Crippen LogP contribution is 2.08. The van der Waals surface area contributed by atoms with E-state index in [4.69, 9.17) is 4.74 Å². The molecule has 0 aromatic heterocycles. The van der Waals surface area contributed by atoms with Gasteiger partial charge in [-0.1, -0.05) is 24.8 Å². The monoisotopic (exact) mass is 190 g/mol. The van der Waals surface area contributed by atoms with Gasteiger partial charge in [0.25, 0.3) is 0 Å². The summed E-state index contributed by atoms with van der Waals surface area (Å²) in [7, 11) is 0. The van der Waals surface area contributed by atoms with Crippen molar-refractivity contribution in [3.8, 4) is 0 Å². The van der Waals surface area contributed by atoms with Gasteiger partial charge in [0.2, 0.25) is 0 Å². The zero-order chi connectivity index (χ0) is 10.6. The Bertz CT molecular complexity index is 340. The lowest BCUT2D eigenvalue weighted by Gasteiger charge is -2.07. The molecule has 0 amide bonds. The van der Waals surface area contributed by atoms with Gasteiger partial charge in [-0.2, -0.15) is 0 Å². The minimum atomic E-state index is -0.288. The topological polar surface area (TPSA) is 26.3 Å². The molecule has 14 heavy (non-hydrogen) atoms. The predicted molar refractivity (Wildman–Crippen MR) is 57.1 cm³/mol. The van der Waals surface area contributed by atoms with Gasteiger partial charge in [-0.3, -0.25) is 0 Å². The van der Waals surface area contributed by atoms with E-state index in [0.717, 1.165) is 5.56 Å². The molecule has 1 aromatic carbocycles. The Morgan fingerprint density at radius 1 is 1.50 bits per heavy atom. The van der Waals surface area contributed by atoms with Crippen LogP contribution in [0, 0.1) is 0 Å². The molecule has 0 radical (unpaired) electrons. The molecule has 1 rings (SSSR count). The summed E-state index contributed by atoms with van der Waals surface area (Å²) in [5.41, 5.74) is 1.49. The molecular formula is C12H14O2. The zero-order valence-electron chi connectivity index (χ0n) is 8.49. The molecule has 0 bridgehead atoms. The first-order chi connectivity index (χ1) is 6.63. The standard InChI is InChI=1S/C12H14O2/c1-4-10-6-5-7-11(8-10)12(13)14-9(2)3/h4-9H,1H2,2-3H3. The van der Waals surface area contributed by atoms with E-state index in [1.54, 1.807) is 18.2 Å². The first kappa shape index (κ1) is 10.5. The van der Waals surface area contributed by atoms with Crippen LogP contribution in [0.1, 0.15) is 29.8 Å². The molecule has 0 fully saturated rings. The highest BCUT2D eigenvalue weighted by Gasteiger charge is 2.08. The maximum Gasteiger partial charge on any atom is 0.338 e. The van der Waals surface area contributed by atoms with Crippen molar-refractivity contribution in [2.24, 2.45) is 0 Å².